The van der Waals surface area contributed by atoms with Gasteiger partial charge in [-0.15, -0.1) is 0 Å². The molecule has 26 heavy (non-hydrogen) atoms. The van der Waals surface area contributed by atoms with Gasteiger partial charge in [0.2, 0.25) is 5.91 Å². The van der Waals surface area contributed by atoms with Gasteiger partial charge in [-0.05, 0) is 41.5 Å². The molecule has 0 atom stereocenters. The van der Waals surface area contributed by atoms with Crippen LogP contribution < -0.4 is 10.2 Å². The van der Waals surface area contributed by atoms with Crippen molar-refractivity contribution in [1.82, 2.24) is 5.32 Å². The quantitative estimate of drug-likeness (QED) is 0.686. The lowest BCUT2D eigenvalue weighted by molar-refractivity contribution is -0.118. The lowest BCUT2D eigenvalue weighted by atomic mass is 10.1. The van der Waals surface area contributed by atoms with Crippen molar-refractivity contribution in [3.05, 3.63) is 78.4 Å². The highest BCUT2D eigenvalue weighted by atomic mass is 16.2. The summed E-state index contributed by atoms with van der Waals surface area (Å²) in [6.45, 7) is 0.477. The Balaban J connectivity index is 1.50. The van der Waals surface area contributed by atoms with Crippen LogP contribution >= 0.6 is 0 Å². The molecule has 0 spiro atoms. The third kappa shape index (κ3) is 4.28. The average molecular weight is 346 g/mol. The Kier molecular flexibility index (Phi) is 5.64. The van der Waals surface area contributed by atoms with Crippen LogP contribution in [0.3, 0.4) is 0 Å². The molecule has 132 valence electrons. The zero-order valence-electron chi connectivity index (χ0n) is 14.8. The van der Waals surface area contributed by atoms with Crippen molar-refractivity contribution in [2.24, 2.45) is 0 Å². The Morgan fingerprint density at radius 2 is 1.58 bits per heavy atom. The fraction of sp³-hybridized carbons (Fsp3) is 0.182. The summed E-state index contributed by atoms with van der Waals surface area (Å²) in [5, 5.41) is 5.11. The van der Waals surface area contributed by atoms with Crippen LogP contribution in [-0.2, 0) is 4.79 Å². The molecule has 0 saturated carbocycles. The van der Waals surface area contributed by atoms with E-state index in [4.69, 9.17) is 0 Å². The van der Waals surface area contributed by atoms with Gasteiger partial charge in [-0.1, -0.05) is 48.5 Å². The monoisotopic (exact) mass is 346 g/mol. The van der Waals surface area contributed by atoms with Gasteiger partial charge in [0.15, 0.2) is 0 Å². The molecule has 0 aliphatic heterocycles. The molecule has 4 nitrogen and oxygen atoms in total. The first-order valence-electron chi connectivity index (χ1n) is 8.74. The minimum atomic E-state index is -0.110. The molecule has 0 bridgehead atoms. The lowest BCUT2D eigenvalue weighted by Gasteiger charge is -2.18. The van der Waals surface area contributed by atoms with E-state index in [0.717, 1.165) is 16.5 Å². The van der Waals surface area contributed by atoms with Crippen molar-refractivity contribution in [2.45, 2.75) is 12.8 Å². The number of benzene rings is 3. The van der Waals surface area contributed by atoms with Gasteiger partial charge in [-0.3, -0.25) is 9.59 Å². The van der Waals surface area contributed by atoms with Crippen LogP contribution in [0, 0.1) is 0 Å². The van der Waals surface area contributed by atoms with Crippen molar-refractivity contribution in [3.8, 4) is 0 Å². The van der Waals surface area contributed by atoms with E-state index in [1.54, 1.807) is 24.1 Å². The molecule has 1 N–H and O–H groups in total. The predicted molar refractivity (Wildman–Crippen MR) is 105 cm³/mol. The maximum atomic E-state index is 12.4. The number of fused-ring (bicyclic) bond motifs is 1. The number of nitrogens with one attached hydrogen (secondary N) is 1. The average Bonchev–Trinajstić information content (AvgIpc) is 2.70. The number of hydrogen-bond donors (Lipinski definition) is 1. The summed E-state index contributed by atoms with van der Waals surface area (Å²) in [5.74, 6) is -0.0739. The van der Waals surface area contributed by atoms with E-state index in [1.165, 1.54) is 0 Å². The summed E-state index contributed by atoms with van der Waals surface area (Å²) in [6.07, 6.45) is 0.994. The van der Waals surface area contributed by atoms with Crippen molar-refractivity contribution in [2.75, 3.05) is 18.5 Å². The standard InChI is InChI=1S/C22H22N2O2/c1-24(20-14-13-17-8-5-6-11-19(17)16-20)21(25)12-7-15-23-22(26)18-9-3-2-4-10-18/h2-6,8-11,13-14,16H,7,12,15H2,1H3,(H,23,26). The largest absolute Gasteiger partial charge is 0.352 e. The molecular formula is C22H22N2O2. The molecule has 0 heterocycles. The number of carbonyl (C=O) groups is 2. The third-order valence-corrected chi connectivity index (χ3v) is 4.38. The first-order chi connectivity index (χ1) is 12.6. The fourth-order valence-corrected chi connectivity index (χ4v) is 2.83. The Hall–Kier alpha value is -3.14. The van der Waals surface area contributed by atoms with Crippen LogP contribution in [0.15, 0.2) is 72.8 Å². The van der Waals surface area contributed by atoms with Gasteiger partial charge in [-0.25, -0.2) is 0 Å². The molecule has 0 radical (unpaired) electrons. The van der Waals surface area contributed by atoms with Crippen LogP contribution in [0.5, 0.6) is 0 Å². The maximum Gasteiger partial charge on any atom is 0.251 e. The van der Waals surface area contributed by atoms with Gasteiger partial charge in [0.1, 0.15) is 0 Å². The fourth-order valence-electron chi connectivity index (χ4n) is 2.83. The molecule has 0 fully saturated rings. The van der Waals surface area contributed by atoms with E-state index < -0.39 is 0 Å². The van der Waals surface area contributed by atoms with E-state index in [-0.39, 0.29) is 11.8 Å². The topological polar surface area (TPSA) is 49.4 Å². The first-order valence-corrected chi connectivity index (χ1v) is 8.74. The van der Waals surface area contributed by atoms with Crippen molar-refractivity contribution < 1.29 is 9.59 Å². The molecular weight excluding hydrogens is 324 g/mol. The van der Waals surface area contributed by atoms with E-state index in [9.17, 15) is 9.59 Å². The van der Waals surface area contributed by atoms with E-state index in [1.807, 2.05) is 54.6 Å². The Labute approximate surface area is 153 Å². The van der Waals surface area contributed by atoms with Gasteiger partial charge >= 0.3 is 0 Å². The highest BCUT2D eigenvalue weighted by Crippen LogP contribution is 2.21. The van der Waals surface area contributed by atoms with Crippen LogP contribution in [0.2, 0.25) is 0 Å². The molecule has 0 aliphatic rings. The lowest BCUT2D eigenvalue weighted by Crippen LogP contribution is -2.28. The second-order valence-corrected chi connectivity index (χ2v) is 6.21. The molecule has 0 aliphatic carbocycles. The van der Waals surface area contributed by atoms with E-state index >= 15 is 0 Å². The number of nitrogens with zero attached hydrogens (tertiary/aromatic N) is 1. The molecule has 0 saturated heterocycles. The zero-order chi connectivity index (χ0) is 18.4. The minimum Gasteiger partial charge on any atom is -0.352 e. The Bertz CT molecular complexity index is 906. The predicted octanol–water partition coefficient (Wildman–Crippen LogP) is 4.01. The second-order valence-electron chi connectivity index (χ2n) is 6.21. The van der Waals surface area contributed by atoms with Gasteiger partial charge in [0, 0.05) is 31.3 Å². The zero-order valence-corrected chi connectivity index (χ0v) is 14.8. The van der Waals surface area contributed by atoms with Gasteiger partial charge in [0.25, 0.3) is 5.91 Å². The number of rotatable bonds is 6. The molecule has 3 rings (SSSR count). The van der Waals surface area contributed by atoms with Crippen molar-refractivity contribution in [3.63, 3.8) is 0 Å². The highest BCUT2D eigenvalue weighted by Gasteiger charge is 2.11. The summed E-state index contributed by atoms with van der Waals surface area (Å²) >= 11 is 0. The minimum absolute atomic E-state index is 0.0363. The van der Waals surface area contributed by atoms with Crippen molar-refractivity contribution >= 4 is 28.3 Å². The molecule has 3 aromatic rings. The molecule has 0 unspecified atom stereocenters. The Morgan fingerprint density at radius 1 is 0.885 bits per heavy atom. The van der Waals surface area contributed by atoms with Gasteiger partial charge < -0.3 is 10.2 Å². The van der Waals surface area contributed by atoms with Gasteiger partial charge in [-0.2, -0.15) is 0 Å². The molecule has 3 aromatic carbocycles. The van der Waals surface area contributed by atoms with Crippen molar-refractivity contribution in [1.29, 1.82) is 0 Å². The van der Waals surface area contributed by atoms with Crippen LogP contribution in [-0.4, -0.2) is 25.4 Å². The van der Waals surface area contributed by atoms with Crippen LogP contribution in [0.25, 0.3) is 10.8 Å². The maximum absolute atomic E-state index is 12.4. The molecule has 0 aromatic heterocycles. The summed E-state index contributed by atoms with van der Waals surface area (Å²) in [4.78, 5) is 26.0. The van der Waals surface area contributed by atoms with Gasteiger partial charge in [0.05, 0.1) is 0 Å². The van der Waals surface area contributed by atoms with Crippen LogP contribution in [0.1, 0.15) is 23.2 Å². The SMILES string of the molecule is CN(C(=O)CCCNC(=O)c1ccccc1)c1ccc2ccccc2c1. The number of anilines is 1. The van der Waals surface area contributed by atoms with E-state index in [2.05, 4.69) is 11.4 Å². The smallest absolute Gasteiger partial charge is 0.251 e. The second kappa shape index (κ2) is 8.30. The third-order valence-electron chi connectivity index (χ3n) is 4.38. The highest BCUT2D eigenvalue weighted by molar-refractivity contribution is 5.96. The number of amides is 2. The van der Waals surface area contributed by atoms with Crippen LogP contribution in [0.4, 0.5) is 5.69 Å². The molecule has 2 amide bonds. The number of carbonyl (C=O) groups excluding carboxylic acids is 2. The van der Waals surface area contributed by atoms with E-state index in [0.29, 0.717) is 24.9 Å². The number of hydrogen-bond acceptors (Lipinski definition) is 2. The summed E-state index contributed by atoms with van der Waals surface area (Å²) in [5.41, 5.74) is 1.51. The molecule has 4 heteroatoms. The summed E-state index contributed by atoms with van der Waals surface area (Å²) in [7, 11) is 1.79. The summed E-state index contributed by atoms with van der Waals surface area (Å²) < 4.78 is 0. The normalized spacial score (nSPS) is 10.5. The first kappa shape index (κ1) is 17.7. The Morgan fingerprint density at radius 3 is 2.35 bits per heavy atom. The summed E-state index contributed by atoms with van der Waals surface area (Å²) in [6, 6.07) is 23.2.